The van der Waals surface area contributed by atoms with Crippen LogP contribution in [0.2, 0.25) is 5.15 Å². The minimum atomic E-state index is 0.00321. The van der Waals surface area contributed by atoms with Gasteiger partial charge in [0.1, 0.15) is 17.3 Å². The molecule has 0 aliphatic carbocycles. The first kappa shape index (κ1) is 13.2. The summed E-state index contributed by atoms with van der Waals surface area (Å²) in [4.78, 5) is 8.15. The molecule has 4 nitrogen and oxygen atoms in total. The molecule has 0 aliphatic rings. The first-order valence-electron chi connectivity index (χ1n) is 5.47. The fourth-order valence-electron chi connectivity index (χ4n) is 1.47. The van der Waals surface area contributed by atoms with Gasteiger partial charge >= 0.3 is 0 Å². The molecule has 5 heteroatoms. The number of anilines is 1. The predicted octanol–water partition coefficient (Wildman–Crippen LogP) is 2.44. The van der Waals surface area contributed by atoms with E-state index >= 15 is 0 Å². The van der Waals surface area contributed by atoms with E-state index in [-0.39, 0.29) is 18.6 Å². The summed E-state index contributed by atoms with van der Waals surface area (Å²) in [7, 11) is 0. The van der Waals surface area contributed by atoms with Gasteiger partial charge in [0, 0.05) is 5.56 Å². The zero-order chi connectivity index (χ0) is 12.1. The van der Waals surface area contributed by atoms with Crippen molar-refractivity contribution in [1.82, 2.24) is 9.97 Å². The van der Waals surface area contributed by atoms with Crippen LogP contribution >= 0.6 is 11.6 Å². The summed E-state index contributed by atoms with van der Waals surface area (Å²) in [5.74, 6) is 0.961. The van der Waals surface area contributed by atoms with Crippen LogP contribution in [0.3, 0.4) is 0 Å². The summed E-state index contributed by atoms with van der Waals surface area (Å²) >= 11 is 6.04. The molecule has 0 spiro atoms. The summed E-state index contributed by atoms with van der Waals surface area (Å²) in [6, 6.07) is 0.00321. The fraction of sp³-hybridized carbons (Fsp3) is 0.636. The van der Waals surface area contributed by atoms with E-state index in [1.54, 1.807) is 0 Å². The Labute approximate surface area is 101 Å². The quantitative estimate of drug-likeness (QED) is 0.780. The highest BCUT2D eigenvalue weighted by Gasteiger charge is 2.15. The van der Waals surface area contributed by atoms with Gasteiger partial charge < -0.3 is 10.4 Å². The summed E-state index contributed by atoms with van der Waals surface area (Å²) in [6.07, 6.45) is 2.26. The Morgan fingerprint density at radius 3 is 2.62 bits per heavy atom. The minimum absolute atomic E-state index is 0.00321. The molecule has 0 aromatic carbocycles. The molecule has 90 valence electrons. The van der Waals surface area contributed by atoms with E-state index in [0.717, 1.165) is 17.8 Å². The number of rotatable bonds is 5. The SMILES string of the molecule is CCC(CO)Nc1ncnc(Cl)c1C(C)C. The second-order valence-corrected chi connectivity index (χ2v) is 4.37. The van der Waals surface area contributed by atoms with Crippen LogP contribution in [-0.4, -0.2) is 27.7 Å². The first-order chi connectivity index (χ1) is 7.60. The second kappa shape index (κ2) is 6.01. The van der Waals surface area contributed by atoms with Gasteiger partial charge in [-0.25, -0.2) is 9.97 Å². The molecule has 0 saturated carbocycles. The number of halogens is 1. The highest BCUT2D eigenvalue weighted by molar-refractivity contribution is 6.30. The lowest BCUT2D eigenvalue weighted by atomic mass is 10.1. The Kier molecular flexibility index (Phi) is 4.96. The Balaban J connectivity index is 2.99. The maximum absolute atomic E-state index is 9.15. The van der Waals surface area contributed by atoms with Crippen molar-refractivity contribution in [3.8, 4) is 0 Å². The highest BCUT2D eigenvalue weighted by Crippen LogP contribution is 2.28. The van der Waals surface area contributed by atoms with Crippen molar-refractivity contribution in [2.75, 3.05) is 11.9 Å². The number of hydrogen-bond acceptors (Lipinski definition) is 4. The molecular formula is C11H18ClN3O. The molecular weight excluding hydrogens is 226 g/mol. The average molecular weight is 244 g/mol. The lowest BCUT2D eigenvalue weighted by Gasteiger charge is -2.19. The van der Waals surface area contributed by atoms with Crippen LogP contribution in [0.4, 0.5) is 5.82 Å². The van der Waals surface area contributed by atoms with Crippen LogP contribution < -0.4 is 5.32 Å². The Morgan fingerprint density at radius 1 is 1.44 bits per heavy atom. The molecule has 1 atom stereocenters. The van der Waals surface area contributed by atoms with E-state index in [1.807, 2.05) is 20.8 Å². The molecule has 1 heterocycles. The third kappa shape index (κ3) is 3.06. The Hall–Kier alpha value is -0.870. The zero-order valence-electron chi connectivity index (χ0n) is 9.87. The molecule has 0 amide bonds. The van der Waals surface area contributed by atoms with Gasteiger partial charge in [-0.3, -0.25) is 0 Å². The van der Waals surface area contributed by atoms with Gasteiger partial charge in [0.2, 0.25) is 0 Å². The Bertz CT molecular complexity index is 340. The van der Waals surface area contributed by atoms with Gasteiger partial charge in [-0.15, -0.1) is 0 Å². The van der Waals surface area contributed by atoms with Crippen LogP contribution in [0.1, 0.15) is 38.7 Å². The molecule has 1 aromatic heterocycles. The van der Waals surface area contributed by atoms with Crippen LogP contribution in [-0.2, 0) is 0 Å². The number of nitrogens with zero attached hydrogens (tertiary/aromatic N) is 2. The van der Waals surface area contributed by atoms with E-state index in [4.69, 9.17) is 16.7 Å². The topological polar surface area (TPSA) is 58.0 Å². The molecule has 0 saturated heterocycles. The number of aliphatic hydroxyl groups excluding tert-OH is 1. The average Bonchev–Trinajstić information content (AvgIpc) is 2.25. The van der Waals surface area contributed by atoms with Gasteiger partial charge in [-0.1, -0.05) is 32.4 Å². The molecule has 1 unspecified atom stereocenters. The van der Waals surface area contributed by atoms with E-state index in [9.17, 15) is 0 Å². The van der Waals surface area contributed by atoms with E-state index in [2.05, 4.69) is 15.3 Å². The summed E-state index contributed by atoms with van der Waals surface area (Å²) in [5, 5.41) is 12.8. The van der Waals surface area contributed by atoms with Crippen molar-refractivity contribution in [3.05, 3.63) is 17.0 Å². The van der Waals surface area contributed by atoms with Crippen LogP contribution in [0.5, 0.6) is 0 Å². The molecule has 1 rings (SSSR count). The summed E-state index contributed by atoms with van der Waals surface area (Å²) in [5.41, 5.74) is 0.899. The van der Waals surface area contributed by atoms with Crippen LogP contribution in [0.25, 0.3) is 0 Å². The van der Waals surface area contributed by atoms with Gasteiger partial charge in [-0.2, -0.15) is 0 Å². The maximum atomic E-state index is 9.15. The van der Waals surface area contributed by atoms with Gasteiger partial charge in [0.05, 0.1) is 12.6 Å². The number of nitrogens with one attached hydrogen (secondary N) is 1. The van der Waals surface area contributed by atoms with Gasteiger partial charge in [0.25, 0.3) is 0 Å². The molecule has 0 bridgehead atoms. The molecule has 2 N–H and O–H groups in total. The molecule has 1 aromatic rings. The molecule has 16 heavy (non-hydrogen) atoms. The molecule has 0 fully saturated rings. The zero-order valence-corrected chi connectivity index (χ0v) is 10.6. The maximum Gasteiger partial charge on any atom is 0.138 e. The van der Waals surface area contributed by atoms with Crippen molar-refractivity contribution in [3.63, 3.8) is 0 Å². The van der Waals surface area contributed by atoms with Gasteiger partial charge in [-0.05, 0) is 12.3 Å². The predicted molar refractivity (Wildman–Crippen MR) is 65.9 cm³/mol. The number of aliphatic hydroxyl groups is 1. The van der Waals surface area contributed by atoms with Crippen LogP contribution in [0, 0.1) is 0 Å². The minimum Gasteiger partial charge on any atom is -0.394 e. The largest absolute Gasteiger partial charge is 0.394 e. The molecule has 0 radical (unpaired) electrons. The lowest BCUT2D eigenvalue weighted by molar-refractivity contribution is 0.271. The number of aromatic nitrogens is 2. The van der Waals surface area contributed by atoms with Gasteiger partial charge in [0.15, 0.2) is 0 Å². The molecule has 0 aliphatic heterocycles. The standard InChI is InChI=1S/C11H18ClN3O/c1-4-8(5-16)15-11-9(7(2)3)10(12)13-6-14-11/h6-8,16H,4-5H2,1-3H3,(H,13,14,15). The lowest BCUT2D eigenvalue weighted by Crippen LogP contribution is -2.24. The first-order valence-corrected chi connectivity index (χ1v) is 5.85. The number of hydrogen-bond donors (Lipinski definition) is 2. The second-order valence-electron chi connectivity index (χ2n) is 4.01. The van der Waals surface area contributed by atoms with E-state index < -0.39 is 0 Å². The monoisotopic (exact) mass is 243 g/mol. The fourth-order valence-corrected chi connectivity index (χ4v) is 1.82. The smallest absolute Gasteiger partial charge is 0.138 e. The van der Waals surface area contributed by atoms with Crippen molar-refractivity contribution < 1.29 is 5.11 Å². The Morgan fingerprint density at radius 2 is 2.12 bits per heavy atom. The van der Waals surface area contributed by atoms with E-state index in [1.165, 1.54) is 6.33 Å². The van der Waals surface area contributed by atoms with Crippen molar-refractivity contribution in [2.24, 2.45) is 0 Å². The van der Waals surface area contributed by atoms with Crippen molar-refractivity contribution in [2.45, 2.75) is 39.2 Å². The van der Waals surface area contributed by atoms with Crippen LogP contribution in [0.15, 0.2) is 6.33 Å². The highest BCUT2D eigenvalue weighted by atomic mass is 35.5. The van der Waals surface area contributed by atoms with Crippen molar-refractivity contribution >= 4 is 17.4 Å². The summed E-state index contributed by atoms with van der Waals surface area (Å²) < 4.78 is 0. The normalized spacial score (nSPS) is 12.9. The van der Waals surface area contributed by atoms with Crippen molar-refractivity contribution in [1.29, 1.82) is 0 Å². The summed E-state index contributed by atoms with van der Waals surface area (Å²) in [6.45, 7) is 6.16. The third-order valence-corrected chi connectivity index (χ3v) is 2.77. The third-order valence-electron chi connectivity index (χ3n) is 2.47. The van der Waals surface area contributed by atoms with E-state index in [0.29, 0.717) is 5.15 Å².